The van der Waals surface area contributed by atoms with Gasteiger partial charge in [-0.25, -0.2) is 0 Å². The SMILES string of the molecule is CC/C=C\C/C=C\C/C=C\C/C=C\C/C=C\C/C=C\CCCCC(=O)OCC(COC(=O)CC/C=C\C/C=C\C/C=C\C/C=C\CC)OC(=O)CCCCCCC/C=C\C/C=C\CCCCC. The molecule has 6 heteroatoms. The monoisotopic (exact) mass is 923 g/mol. The lowest BCUT2D eigenvalue weighted by Crippen LogP contribution is -2.30. The Hall–Kier alpha value is -4.71. The van der Waals surface area contributed by atoms with Gasteiger partial charge in [-0.3, -0.25) is 14.4 Å². The Kier molecular flexibility index (Phi) is 50.1. The Bertz CT molecular complexity index is 1530. The maximum atomic E-state index is 12.8. The third-order valence-corrected chi connectivity index (χ3v) is 10.3. The summed E-state index contributed by atoms with van der Waals surface area (Å²) in [6.45, 7) is 6.24. The van der Waals surface area contributed by atoms with E-state index in [0.29, 0.717) is 12.8 Å². The quantitative estimate of drug-likeness (QED) is 0.0262. The van der Waals surface area contributed by atoms with E-state index < -0.39 is 6.10 Å². The summed E-state index contributed by atoms with van der Waals surface area (Å²) in [4.78, 5) is 38.0. The van der Waals surface area contributed by atoms with Crippen LogP contribution in [0, 0.1) is 0 Å². The first kappa shape index (κ1) is 62.3. The molecule has 0 aliphatic carbocycles. The van der Waals surface area contributed by atoms with E-state index in [9.17, 15) is 14.4 Å². The van der Waals surface area contributed by atoms with Gasteiger partial charge >= 0.3 is 17.9 Å². The molecule has 0 saturated heterocycles. The zero-order valence-corrected chi connectivity index (χ0v) is 42.6. The average molecular weight is 923 g/mol. The van der Waals surface area contributed by atoms with Crippen LogP contribution in [-0.2, 0) is 28.6 Å². The Morgan fingerprint density at radius 3 is 1.03 bits per heavy atom. The third-order valence-electron chi connectivity index (χ3n) is 10.3. The van der Waals surface area contributed by atoms with Crippen LogP contribution in [0.2, 0.25) is 0 Å². The van der Waals surface area contributed by atoms with E-state index in [2.05, 4.69) is 154 Å². The highest BCUT2D eigenvalue weighted by Gasteiger charge is 2.19. The van der Waals surface area contributed by atoms with Crippen LogP contribution in [0.1, 0.15) is 201 Å². The zero-order valence-electron chi connectivity index (χ0n) is 42.6. The number of hydrogen-bond acceptors (Lipinski definition) is 6. The molecule has 0 heterocycles. The van der Waals surface area contributed by atoms with Gasteiger partial charge in [-0.05, 0) is 128 Å². The summed E-state index contributed by atoms with van der Waals surface area (Å²) in [6, 6.07) is 0. The lowest BCUT2D eigenvalue weighted by molar-refractivity contribution is -0.166. The van der Waals surface area contributed by atoms with E-state index in [1.165, 1.54) is 25.7 Å². The molecular formula is C61H94O6. The van der Waals surface area contributed by atoms with Gasteiger partial charge in [0.2, 0.25) is 0 Å². The second kappa shape index (κ2) is 53.9. The van der Waals surface area contributed by atoms with Gasteiger partial charge in [-0.2, -0.15) is 0 Å². The van der Waals surface area contributed by atoms with Gasteiger partial charge in [-0.15, -0.1) is 0 Å². The Morgan fingerprint density at radius 1 is 0.313 bits per heavy atom. The molecule has 0 aromatic rings. The van der Waals surface area contributed by atoms with E-state index in [0.717, 1.165) is 122 Å². The summed E-state index contributed by atoms with van der Waals surface area (Å²) < 4.78 is 16.7. The molecular weight excluding hydrogens is 829 g/mol. The van der Waals surface area contributed by atoms with Crippen molar-refractivity contribution in [3.63, 3.8) is 0 Å². The van der Waals surface area contributed by atoms with Gasteiger partial charge in [0.25, 0.3) is 0 Å². The molecule has 0 spiro atoms. The minimum Gasteiger partial charge on any atom is -0.462 e. The molecule has 6 nitrogen and oxygen atoms in total. The molecule has 374 valence electrons. The third kappa shape index (κ3) is 52.1. The largest absolute Gasteiger partial charge is 0.462 e. The van der Waals surface area contributed by atoms with Crippen molar-refractivity contribution >= 4 is 17.9 Å². The summed E-state index contributed by atoms with van der Waals surface area (Å²) >= 11 is 0. The van der Waals surface area contributed by atoms with E-state index in [-0.39, 0.29) is 50.4 Å². The van der Waals surface area contributed by atoms with Crippen molar-refractivity contribution in [1.82, 2.24) is 0 Å². The van der Waals surface area contributed by atoms with Crippen molar-refractivity contribution < 1.29 is 28.6 Å². The van der Waals surface area contributed by atoms with Crippen molar-refractivity contribution in [3.05, 3.63) is 146 Å². The van der Waals surface area contributed by atoms with Gasteiger partial charge in [0, 0.05) is 19.3 Å². The Balaban J connectivity index is 4.58. The smallest absolute Gasteiger partial charge is 0.306 e. The van der Waals surface area contributed by atoms with E-state index in [1.807, 2.05) is 12.2 Å². The minimum atomic E-state index is -0.838. The normalized spacial score (nSPS) is 13.3. The fourth-order valence-corrected chi connectivity index (χ4v) is 6.43. The predicted molar refractivity (Wildman–Crippen MR) is 288 cm³/mol. The molecule has 1 unspecified atom stereocenters. The van der Waals surface area contributed by atoms with Gasteiger partial charge in [0.05, 0.1) is 0 Å². The summed E-state index contributed by atoms with van der Waals surface area (Å²) in [5.41, 5.74) is 0. The second-order valence-corrected chi connectivity index (χ2v) is 16.7. The highest BCUT2D eigenvalue weighted by molar-refractivity contribution is 5.71. The molecule has 67 heavy (non-hydrogen) atoms. The van der Waals surface area contributed by atoms with Crippen molar-refractivity contribution in [3.8, 4) is 0 Å². The molecule has 0 bridgehead atoms. The highest BCUT2D eigenvalue weighted by atomic mass is 16.6. The van der Waals surface area contributed by atoms with Crippen LogP contribution in [0.25, 0.3) is 0 Å². The van der Waals surface area contributed by atoms with Crippen molar-refractivity contribution in [2.24, 2.45) is 0 Å². The standard InChI is InChI=1S/C61H94O6/c1-4-7-10-13-16-19-22-25-27-28-29-30-31-32-34-36-39-42-45-48-51-54-60(63)66-57-58(56-65-59(62)53-50-47-44-41-38-35-24-21-18-15-12-9-6-3)67-61(64)55-52-49-46-43-40-37-33-26-23-20-17-14-11-8-5-2/h7,9-10,12,16-21,25-27,29-30,32-35,38-39,42,44,47,58H,4-6,8,11,13-15,22-24,28,31,36-37,40-41,43,45-46,48-57H2,1-3H3/b10-7-,12-9-,19-16-,20-17-,21-18-,27-25-,30-29-,33-26-,34-32-,38-35-,42-39-,47-44-. The fourth-order valence-electron chi connectivity index (χ4n) is 6.43. The van der Waals surface area contributed by atoms with Crippen LogP contribution in [0.15, 0.2) is 146 Å². The first-order valence-corrected chi connectivity index (χ1v) is 26.3. The molecule has 0 fully saturated rings. The summed E-state index contributed by atoms with van der Waals surface area (Å²) in [5.74, 6) is -1.08. The molecule has 0 saturated carbocycles. The van der Waals surface area contributed by atoms with Gasteiger partial charge in [0.1, 0.15) is 13.2 Å². The maximum absolute atomic E-state index is 12.8. The minimum absolute atomic E-state index is 0.135. The van der Waals surface area contributed by atoms with Gasteiger partial charge in [0.15, 0.2) is 6.10 Å². The number of carbonyl (C=O) groups is 3. The maximum Gasteiger partial charge on any atom is 0.306 e. The Labute approximate surface area is 410 Å². The second-order valence-electron chi connectivity index (χ2n) is 16.7. The lowest BCUT2D eigenvalue weighted by atomic mass is 10.1. The topological polar surface area (TPSA) is 78.9 Å². The van der Waals surface area contributed by atoms with Gasteiger partial charge < -0.3 is 14.2 Å². The number of unbranched alkanes of at least 4 members (excludes halogenated alkanes) is 10. The van der Waals surface area contributed by atoms with Crippen LogP contribution >= 0.6 is 0 Å². The molecule has 0 aliphatic heterocycles. The van der Waals surface area contributed by atoms with Crippen LogP contribution in [0.5, 0.6) is 0 Å². The number of rotatable bonds is 45. The number of esters is 3. The predicted octanol–water partition coefficient (Wildman–Crippen LogP) is 17.6. The lowest BCUT2D eigenvalue weighted by Gasteiger charge is -2.18. The van der Waals surface area contributed by atoms with E-state index in [1.54, 1.807) is 0 Å². The average Bonchev–Trinajstić information content (AvgIpc) is 3.33. The van der Waals surface area contributed by atoms with Crippen molar-refractivity contribution in [1.29, 1.82) is 0 Å². The first-order chi connectivity index (χ1) is 33.0. The number of carbonyl (C=O) groups excluding carboxylic acids is 3. The first-order valence-electron chi connectivity index (χ1n) is 26.3. The molecule has 0 radical (unpaired) electrons. The van der Waals surface area contributed by atoms with Crippen LogP contribution < -0.4 is 0 Å². The Morgan fingerprint density at radius 2 is 0.612 bits per heavy atom. The molecule has 0 aromatic carbocycles. The van der Waals surface area contributed by atoms with Gasteiger partial charge in [-0.1, -0.05) is 199 Å². The van der Waals surface area contributed by atoms with Crippen LogP contribution in [0.4, 0.5) is 0 Å². The molecule has 0 N–H and O–H groups in total. The van der Waals surface area contributed by atoms with Crippen LogP contribution in [0.3, 0.4) is 0 Å². The highest BCUT2D eigenvalue weighted by Crippen LogP contribution is 2.11. The summed E-state index contributed by atoms with van der Waals surface area (Å²) in [6.07, 6.45) is 77.0. The summed E-state index contributed by atoms with van der Waals surface area (Å²) in [7, 11) is 0. The summed E-state index contributed by atoms with van der Waals surface area (Å²) in [5, 5.41) is 0. The van der Waals surface area contributed by atoms with E-state index in [4.69, 9.17) is 14.2 Å². The fraction of sp³-hybridized carbons (Fsp3) is 0.557. The molecule has 1 atom stereocenters. The zero-order chi connectivity index (χ0) is 48.6. The van der Waals surface area contributed by atoms with Crippen LogP contribution in [-0.4, -0.2) is 37.2 Å². The molecule has 0 aliphatic rings. The van der Waals surface area contributed by atoms with E-state index >= 15 is 0 Å². The van der Waals surface area contributed by atoms with Crippen molar-refractivity contribution in [2.75, 3.05) is 13.2 Å². The molecule has 0 rings (SSSR count). The molecule has 0 amide bonds. The molecule has 0 aromatic heterocycles. The number of hydrogen-bond donors (Lipinski definition) is 0. The van der Waals surface area contributed by atoms with Crippen molar-refractivity contribution in [2.45, 2.75) is 207 Å². The number of ether oxygens (including phenoxy) is 3. The number of allylic oxidation sites excluding steroid dienone is 24.